The number of ether oxygens (including phenoxy) is 2. The number of hydrogen-bond donors (Lipinski definition) is 1. The first kappa shape index (κ1) is 15.3. The van der Waals surface area contributed by atoms with Crippen LogP contribution in [-0.4, -0.2) is 48.3 Å². The van der Waals surface area contributed by atoms with E-state index in [9.17, 15) is 14.4 Å². The molecule has 1 aliphatic rings. The Kier molecular flexibility index (Phi) is 4.74. The summed E-state index contributed by atoms with van der Waals surface area (Å²) in [4.78, 5) is 36.2. The fourth-order valence-electron chi connectivity index (χ4n) is 1.74. The first-order chi connectivity index (χ1) is 8.74. The van der Waals surface area contributed by atoms with Crippen LogP contribution in [0.5, 0.6) is 0 Å². The second-order valence-electron chi connectivity index (χ2n) is 5.26. The van der Waals surface area contributed by atoms with Crippen LogP contribution in [0.15, 0.2) is 0 Å². The molecule has 2 amide bonds. The van der Waals surface area contributed by atoms with Gasteiger partial charge >= 0.3 is 12.1 Å². The molecule has 0 aromatic rings. The summed E-state index contributed by atoms with van der Waals surface area (Å²) < 4.78 is 9.66. The Morgan fingerprint density at radius 3 is 2.42 bits per heavy atom. The van der Waals surface area contributed by atoms with Gasteiger partial charge in [-0.15, -0.1) is 0 Å². The average Bonchev–Trinajstić information content (AvgIpc) is 2.69. The summed E-state index contributed by atoms with van der Waals surface area (Å²) >= 11 is 0. The van der Waals surface area contributed by atoms with Crippen molar-refractivity contribution in [1.82, 2.24) is 10.2 Å². The minimum Gasteiger partial charge on any atom is -0.466 e. The number of carbonyl (C=O) groups is 3. The van der Waals surface area contributed by atoms with Gasteiger partial charge in [0.05, 0.1) is 7.11 Å². The topological polar surface area (TPSA) is 84.9 Å². The lowest BCUT2D eigenvalue weighted by Gasteiger charge is -2.27. The minimum atomic E-state index is -1.13. The van der Waals surface area contributed by atoms with Crippen molar-refractivity contribution in [3.8, 4) is 0 Å². The summed E-state index contributed by atoms with van der Waals surface area (Å²) in [5, 5.41) is 2.37. The van der Waals surface area contributed by atoms with E-state index in [0.29, 0.717) is 19.4 Å². The Morgan fingerprint density at radius 1 is 1.37 bits per heavy atom. The zero-order chi connectivity index (χ0) is 14.6. The molecule has 0 unspecified atom stereocenters. The van der Waals surface area contributed by atoms with Gasteiger partial charge in [0, 0.05) is 13.0 Å². The molecule has 19 heavy (non-hydrogen) atoms. The van der Waals surface area contributed by atoms with E-state index < -0.39 is 23.8 Å². The van der Waals surface area contributed by atoms with Gasteiger partial charge in [-0.3, -0.25) is 10.1 Å². The van der Waals surface area contributed by atoms with Gasteiger partial charge in [0.25, 0.3) is 0 Å². The number of carbonyl (C=O) groups excluding carboxylic acids is 3. The summed E-state index contributed by atoms with van der Waals surface area (Å²) in [6.07, 6.45) is -0.872. The van der Waals surface area contributed by atoms with E-state index in [1.807, 2.05) is 0 Å². The van der Waals surface area contributed by atoms with Gasteiger partial charge in [-0.1, -0.05) is 0 Å². The summed E-state index contributed by atoms with van der Waals surface area (Å²) in [6, 6.07) is 0. The van der Waals surface area contributed by atoms with Gasteiger partial charge in [0.15, 0.2) is 0 Å². The summed E-state index contributed by atoms with van der Waals surface area (Å²) in [7, 11) is 1.20. The number of rotatable bonds is 3. The monoisotopic (exact) mass is 272 g/mol. The maximum atomic E-state index is 11.7. The number of amides is 2. The number of hydrogen-bond acceptors (Lipinski definition) is 5. The molecule has 0 spiro atoms. The highest BCUT2D eigenvalue weighted by Gasteiger charge is 2.35. The van der Waals surface area contributed by atoms with Crippen LogP contribution in [0.3, 0.4) is 0 Å². The third kappa shape index (κ3) is 4.42. The van der Waals surface area contributed by atoms with Gasteiger partial charge in [0.1, 0.15) is 5.60 Å². The Labute approximate surface area is 112 Å². The molecule has 1 heterocycles. The van der Waals surface area contributed by atoms with Crippen LogP contribution < -0.4 is 5.32 Å². The molecule has 108 valence electrons. The summed E-state index contributed by atoms with van der Waals surface area (Å²) in [5.41, 5.74) is -0.681. The Bertz CT molecular complexity index is 375. The van der Waals surface area contributed by atoms with Gasteiger partial charge in [-0.05, 0) is 27.2 Å². The predicted molar refractivity (Wildman–Crippen MR) is 66.1 cm³/mol. The van der Waals surface area contributed by atoms with Crippen LogP contribution in [0.25, 0.3) is 0 Å². The van der Waals surface area contributed by atoms with Crippen molar-refractivity contribution in [2.45, 2.75) is 45.4 Å². The number of nitrogens with one attached hydrogen (secondary N) is 1. The van der Waals surface area contributed by atoms with E-state index in [0.717, 1.165) is 0 Å². The van der Waals surface area contributed by atoms with Crippen molar-refractivity contribution in [1.29, 1.82) is 0 Å². The Balaban J connectivity index is 2.73. The molecule has 0 aromatic heterocycles. The third-order valence-corrected chi connectivity index (χ3v) is 2.50. The number of esters is 1. The quantitative estimate of drug-likeness (QED) is 0.762. The maximum absolute atomic E-state index is 11.7. The first-order valence-corrected chi connectivity index (χ1v) is 6.11. The van der Waals surface area contributed by atoms with Gasteiger partial charge < -0.3 is 14.4 Å². The molecule has 0 radical (unpaired) electrons. The highest BCUT2D eigenvalue weighted by molar-refractivity contribution is 5.87. The largest absolute Gasteiger partial charge is 0.466 e. The zero-order valence-corrected chi connectivity index (χ0v) is 11.7. The molecular weight excluding hydrogens is 252 g/mol. The fourth-order valence-corrected chi connectivity index (χ4v) is 1.74. The van der Waals surface area contributed by atoms with Crippen molar-refractivity contribution >= 4 is 18.0 Å². The lowest BCUT2D eigenvalue weighted by atomic mass is 10.2. The van der Waals surface area contributed by atoms with E-state index in [1.54, 1.807) is 20.8 Å². The van der Waals surface area contributed by atoms with Crippen LogP contribution >= 0.6 is 0 Å². The van der Waals surface area contributed by atoms with E-state index >= 15 is 0 Å². The Hall–Kier alpha value is -1.79. The van der Waals surface area contributed by atoms with Crippen molar-refractivity contribution in [3.05, 3.63) is 0 Å². The average molecular weight is 272 g/mol. The number of alkyl carbamates (subject to hydrolysis) is 1. The second kappa shape index (κ2) is 5.90. The SMILES string of the molecule is COC(=O)[C@@H](NC(=O)OC(C)(C)C)N1CCCC1=O. The fraction of sp³-hybridized carbons (Fsp3) is 0.750. The summed E-state index contributed by atoms with van der Waals surface area (Å²) in [6.45, 7) is 5.54. The van der Waals surface area contributed by atoms with E-state index in [2.05, 4.69) is 10.1 Å². The lowest BCUT2D eigenvalue weighted by Crippen LogP contribution is -2.54. The smallest absolute Gasteiger partial charge is 0.409 e. The van der Waals surface area contributed by atoms with Gasteiger partial charge in [-0.2, -0.15) is 0 Å². The molecule has 1 aliphatic heterocycles. The van der Waals surface area contributed by atoms with Crippen molar-refractivity contribution in [3.63, 3.8) is 0 Å². The molecule has 1 atom stereocenters. The zero-order valence-electron chi connectivity index (χ0n) is 11.7. The van der Waals surface area contributed by atoms with E-state index in [1.165, 1.54) is 12.0 Å². The number of nitrogens with zero attached hydrogens (tertiary/aromatic N) is 1. The standard InChI is InChI=1S/C12H20N2O5/c1-12(2,3)19-11(17)13-9(10(16)18-4)14-7-5-6-8(14)15/h9H,5-7H2,1-4H3,(H,13,17)/t9-/m0/s1. The van der Waals surface area contributed by atoms with Crippen LogP contribution in [0.1, 0.15) is 33.6 Å². The van der Waals surface area contributed by atoms with Crippen molar-refractivity contribution in [2.24, 2.45) is 0 Å². The molecule has 0 aromatic carbocycles. The third-order valence-electron chi connectivity index (χ3n) is 2.50. The number of likely N-dealkylation sites (tertiary alicyclic amines) is 1. The molecule has 1 fully saturated rings. The molecule has 7 nitrogen and oxygen atoms in total. The number of methoxy groups -OCH3 is 1. The highest BCUT2D eigenvalue weighted by Crippen LogP contribution is 2.14. The lowest BCUT2D eigenvalue weighted by molar-refractivity contribution is -0.152. The van der Waals surface area contributed by atoms with Gasteiger partial charge in [-0.25, -0.2) is 9.59 Å². The van der Waals surface area contributed by atoms with Crippen molar-refractivity contribution < 1.29 is 23.9 Å². The molecular formula is C12H20N2O5. The van der Waals surface area contributed by atoms with Crippen LogP contribution in [0.2, 0.25) is 0 Å². The molecule has 0 saturated carbocycles. The van der Waals surface area contributed by atoms with Crippen LogP contribution in [0.4, 0.5) is 4.79 Å². The van der Waals surface area contributed by atoms with Gasteiger partial charge in [0.2, 0.25) is 12.1 Å². The summed E-state index contributed by atoms with van der Waals surface area (Å²) in [5.74, 6) is -0.882. The predicted octanol–water partition coefficient (Wildman–Crippen LogP) is 0.633. The molecule has 1 saturated heterocycles. The molecule has 1 rings (SSSR count). The molecule has 0 bridgehead atoms. The molecule has 7 heteroatoms. The molecule has 0 aliphatic carbocycles. The first-order valence-electron chi connectivity index (χ1n) is 6.11. The maximum Gasteiger partial charge on any atom is 0.409 e. The normalized spacial score (nSPS) is 17.1. The highest BCUT2D eigenvalue weighted by atomic mass is 16.6. The van der Waals surface area contributed by atoms with Crippen LogP contribution in [0, 0.1) is 0 Å². The van der Waals surface area contributed by atoms with E-state index in [4.69, 9.17) is 4.74 Å². The second-order valence-corrected chi connectivity index (χ2v) is 5.26. The molecule has 1 N–H and O–H groups in total. The van der Waals surface area contributed by atoms with E-state index in [-0.39, 0.29) is 5.91 Å². The minimum absolute atomic E-state index is 0.188. The Morgan fingerprint density at radius 2 is 2.00 bits per heavy atom. The van der Waals surface area contributed by atoms with Crippen LogP contribution in [-0.2, 0) is 19.1 Å². The van der Waals surface area contributed by atoms with Crippen molar-refractivity contribution in [2.75, 3.05) is 13.7 Å².